The Morgan fingerprint density at radius 2 is 1.52 bits per heavy atom. The highest BCUT2D eigenvalue weighted by molar-refractivity contribution is 7.89. The fraction of sp³-hybridized carbons (Fsp3) is 0.235. The molecule has 1 fully saturated rings. The smallest absolute Gasteiger partial charge is 0.258 e. The van der Waals surface area contributed by atoms with E-state index >= 15 is 0 Å². The number of carbonyl (C=O) groups excluding carboxylic acids is 1. The SMILES string of the molecule is O=C(Nc1cc(F)c(F)c(F)c1)c1cc(S(=O)(=O)NC2CC(O)C2)c(F)cc1F. The van der Waals surface area contributed by atoms with E-state index in [2.05, 4.69) is 4.72 Å². The summed E-state index contributed by atoms with van der Waals surface area (Å²) in [5.41, 5.74) is -1.49. The molecule has 1 amide bonds. The number of benzene rings is 2. The topological polar surface area (TPSA) is 95.5 Å². The minimum atomic E-state index is -4.49. The van der Waals surface area contributed by atoms with Gasteiger partial charge < -0.3 is 10.4 Å². The van der Waals surface area contributed by atoms with Gasteiger partial charge in [-0.15, -0.1) is 0 Å². The molecular weight excluding hydrogens is 423 g/mol. The van der Waals surface area contributed by atoms with Crippen molar-refractivity contribution in [3.05, 3.63) is 58.9 Å². The first kappa shape index (κ1) is 21.1. The van der Waals surface area contributed by atoms with Crippen LogP contribution in [0.25, 0.3) is 0 Å². The van der Waals surface area contributed by atoms with Gasteiger partial charge in [-0.3, -0.25) is 4.79 Å². The van der Waals surface area contributed by atoms with Gasteiger partial charge in [-0.1, -0.05) is 0 Å². The number of amides is 1. The van der Waals surface area contributed by atoms with Crippen LogP contribution >= 0.6 is 0 Å². The molecule has 3 N–H and O–H groups in total. The van der Waals surface area contributed by atoms with Crippen molar-refractivity contribution in [3.8, 4) is 0 Å². The summed E-state index contributed by atoms with van der Waals surface area (Å²) < 4.78 is 94.2. The summed E-state index contributed by atoms with van der Waals surface area (Å²) in [6.07, 6.45) is -0.479. The standard InChI is InChI=1S/C17H13F5N2O4S/c18-11-6-12(19)15(29(27,28)24-8-1-9(25)2-8)5-10(11)17(26)23-7-3-13(20)16(22)14(21)4-7/h3-6,8-9,24-25H,1-2H2,(H,23,26). The molecule has 0 aliphatic heterocycles. The highest BCUT2D eigenvalue weighted by Crippen LogP contribution is 2.25. The number of rotatable bonds is 5. The Morgan fingerprint density at radius 1 is 0.931 bits per heavy atom. The third kappa shape index (κ3) is 4.38. The molecule has 6 nitrogen and oxygen atoms in total. The largest absolute Gasteiger partial charge is 0.393 e. The summed E-state index contributed by atoms with van der Waals surface area (Å²) in [4.78, 5) is 11.2. The van der Waals surface area contributed by atoms with Crippen LogP contribution in [0.4, 0.5) is 27.6 Å². The first-order valence-corrected chi connectivity index (χ1v) is 9.61. The van der Waals surface area contributed by atoms with Gasteiger partial charge in [0.25, 0.3) is 5.91 Å². The quantitative estimate of drug-likeness (QED) is 0.496. The van der Waals surface area contributed by atoms with Gasteiger partial charge in [-0.25, -0.2) is 35.1 Å². The zero-order chi connectivity index (χ0) is 21.5. The predicted molar refractivity (Wildman–Crippen MR) is 90.0 cm³/mol. The van der Waals surface area contributed by atoms with Gasteiger partial charge in [-0.05, 0) is 18.9 Å². The highest BCUT2D eigenvalue weighted by atomic mass is 32.2. The van der Waals surface area contributed by atoms with Gasteiger partial charge in [0.1, 0.15) is 16.5 Å². The fourth-order valence-electron chi connectivity index (χ4n) is 2.70. The maximum Gasteiger partial charge on any atom is 0.258 e. The van der Waals surface area contributed by atoms with E-state index in [4.69, 9.17) is 0 Å². The Morgan fingerprint density at radius 3 is 2.07 bits per heavy atom. The lowest BCUT2D eigenvalue weighted by Gasteiger charge is -2.31. The molecule has 0 atom stereocenters. The number of aliphatic hydroxyl groups is 1. The van der Waals surface area contributed by atoms with Crippen molar-refractivity contribution in [3.63, 3.8) is 0 Å². The number of anilines is 1. The zero-order valence-corrected chi connectivity index (χ0v) is 15.2. The summed E-state index contributed by atoms with van der Waals surface area (Å²) in [5.74, 6) is -9.25. The average molecular weight is 436 g/mol. The van der Waals surface area contributed by atoms with Crippen molar-refractivity contribution in [2.75, 3.05) is 5.32 Å². The van der Waals surface area contributed by atoms with Gasteiger partial charge in [0.05, 0.1) is 11.7 Å². The molecular formula is C17H13F5N2O4S. The van der Waals surface area contributed by atoms with Crippen molar-refractivity contribution in [2.24, 2.45) is 0 Å². The number of nitrogens with one attached hydrogen (secondary N) is 2. The third-order valence-corrected chi connectivity index (χ3v) is 5.77. The monoisotopic (exact) mass is 436 g/mol. The maximum atomic E-state index is 14.0. The van der Waals surface area contributed by atoms with Crippen molar-refractivity contribution in [1.82, 2.24) is 4.72 Å². The van der Waals surface area contributed by atoms with Crippen molar-refractivity contribution in [1.29, 1.82) is 0 Å². The number of aliphatic hydroxyl groups excluding tert-OH is 1. The van der Waals surface area contributed by atoms with Crippen LogP contribution in [0.5, 0.6) is 0 Å². The zero-order valence-electron chi connectivity index (χ0n) is 14.3. The van der Waals surface area contributed by atoms with Crippen LogP contribution in [0.2, 0.25) is 0 Å². The first-order chi connectivity index (χ1) is 13.5. The van der Waals surface area contributed by atoms with Crippen LogP contribution in [0.1, 0.15) is 23.2 Å². The maximum absolute atomic E-state index is 14.0. The Kier molecular flexibility index (Phi) is 5.61. The number of hydrogen-bond donors (Lipinski definition) is 3. The molecule has 1 aliphatic carbocycles. The van der Waals surface area contributed by atoms with Crippen LogP contribution in [0.15, 0.2) is 29.2 Å². The molecule has 2 aromatic carbocycles. The van der Waals surface area contributed by atoms with E-state index in [1.165, 1.54) is 0 Å². The lowest BCUT2D eigenvalue weighted by Crippen LogP contribution is -2.46. The molecule has 156 valence electrons. The van der Waals surface area contributed by atoms with Crippen LogP contribution in [-0.4, -0.2) is 31.6 Å². The second-order valence-electron chi connectivity index (χ2n) is 6.41. The molecule has 3 rings (SSSR count). The van der Waals surface area contributed by atoms with Crippen molar-refractivity contribution >= 4 is 21.6 Å². The van der Waals surface area contributed by atoms with E-state index in [9.17, 15) is 40.3 Å². The molecule has 0 spiro atoms. The lowest BCUT2D eigenvalue weighted by atomic mass is 9.91. The van der Waals surface area contributed by atoms with Crippen molar-refractivity contribution in [2.45, 2.75) is 29.9 Å². The molecule has 0 unspecified atom stereocenters. The first-order valence-electron chi connectivity index (χ1n) is 8.13. The van der Waals surface area contributed by atoms with E-state index < -0.39 is 73.3 Å². The Hall–Kier alpha value is -2.57. The fourth-order valence-corrected chi connectivity index (χ4v) is 4.05. The van der Waals surface area contributed by atoms with Gasteiger partial charge in [-0.2, -0.15) is 0 Å². The van der Waals surface area contributed by atoms with Crippen LogP contribution in [-0.2, 0) is 10.0 Å². The van der Waals surface area contributed by atoms with E-state index in [-0.39, 0.29) is 18.9 Å². The molecule has 0 aromatic heterocycles. The Balaban J connectivity index is 1.89. The molecule has 29 heavy (non-hydrogen) atoms. The Labute approximate surface area is 161 Å². The van der Waals surface area contributed by atoms with E-state index in [0.717, 1.165) is 0 Å². The van der Waals surface area contributed by atoms with E-state index in [1.54, 1.807) is 0 Å². The molecule has 1 aliphatic rings. The second-order valence-corrected chi connectivity index (χ2v) is 8.10. The van der Waals surface area contributed by atoms with Gasteiger partial charge >= 0.3 is 0 Å². The van der Waals surface area contributed by atoms with E-state index in [0.29, 0.717) is 18.2 Å². The lowest BCUT2D eigenvalue weighted by molar-refractivity contribution is 0.0712. The number of carbonyl (C=O) groups is 1. The predicted octanol–water partition coefficient (Wildman–Crippen LogP) is 2.44. The van der Waals surface area contributed by atoms with Crippen LogP contribution in [0.3, 0.4) is 0 Å². The van der Waals surface area contributed by atoms with Crippen molar-refractivity contribution < 1.29 is 40.3 Å². The number of sulfonamides is 1. The minimum absolute atomic E-state index is 0.108. The molecule has 0 heterocycles. The van der Waals surface area contributed by atoms with Gasteiger partial charge in [0.15, 0.2) is 17.5 Å². The molecule has 1 saturated carbocycles. The normalized spacial score (nSPS) is 19.0. The molecule has 0 bridgehead atoms. The number of halogens is 5. The minimum Gasteiger partial charge on any atom is -0.393 e. The summed E-state index contributed by atoms with van der Waals surface area (Å²) in [6, 6.07) is 0.804. The average Bonchev–Trinajstić information content (AvgIpc) is 2.57. The second kappa shape index (κ2) is 7.69. The molecule has 2 aromatic rings. The molecule has 0 radical (unpaired) electrons. The van der Waals surface area contributed by atoms with Crippen LogP contribution in [0, 0.1) is 29.1 Å². The van der Waals surface area contributed by atoms with Gasteiger partial charge in [0.2, 0.25) is 10.0 Å². The molecule has 0 saturated heterocycles. The van der Waals surface area contributed by atoms with Gasteiger partial charge in [0, 0.05) is 29.9 Å². The molecule has 12 heteroatoms. The summed E-state index contributed by atoms with van der Waals surface area (Å²) in [7, 11) is -4.49. The highest BCUT2D eigenvalue weighted by Gasteiger charge is 2.33. The van der Waals surface area contributed by atoms with Crippen LogP contribution < -0.4 is 10.0 Å². The van der Waals surface area contributed by atoms with E-state index in [1.807, 2.05) is 5.32 Å². The summed E-state index contributed by atoms with van der Waals surface area (Å²) >= 11 is 0. The number of hydrogen-bond acceptors (Lipinski definition) is 4. The Bertz CT molecular complexity index is 1060. The summed E-state index contributed by atoms with van der Waals surface area (Å²) in [6.45, 7) is 0. The third-order valence-electron chi connectivity index (χ3n) is 4.23. The summed E-state index contributed by atoms with van der Waals surface area (Å²) in [5, 5.41) is 11.1.